The van der Waals surface area contributed by atoms with Crippen LogP contribution in [-0.2, 0) is 4.79 Å². The third-order valence-electron chi connectivity index (χ3n) is 4.07. The second kappa shape index (κ2) is 7.49. The number of hydrogen-bond donors (Lipinski definition) is 1. The third kappa shape index (κ3) is 5.70. The Balaban J connectivity index is 0.00000324. The quantitative estimate of drug-likeness (QED) is 0.868. The fourth-order valence-electron chi connectivity index (χ4n) is 2.81. The van der Waals surface area contributed by atoms with E-state index in [1.54, 1.807) is 0 Å². The summed E-state index contributed by atoms with van der Waals surface area (Å²) in [5, 5.41) is 0. The summed E-state index contributed by atoms with van der Waals surface area (Å²) >= 11 is 0. The Bertz CT molecular complexity index is 278. The Morgan fingerprint density at radius 3 is 2.11 bits per heavy atom. The summed E-state index contributed by atoms with van der Waals surface area (Å²) in [6.07, 6.45) is 3.02. The molecule has 0 unspecified atom stereocenters. The lowest BCUT2D eigenvalue weighted by atomic mass is 9.75. The SMILES string of the molecule is CC(C)C[C@H](N)C(=O)N1CCC(C(C)(C)C)CC1.Cl. The van der Waals surface area contributed by atoms with Crippen LogP contribution >= 0.6 is 12.4 Å². The van der Waals surface area contributed by atoms with Gasteiger partial charge in [0.1, 0.15) is 0 Å². The average molecular weight is 291 g/mol. The van der Waals surface area contributed by atoms with Gasteiger partial charge in [0.05, 0.1) is 6.04 Å². The van der Waals surface area contributed by atoms with Crippen molar-refractivity contribution in [3.8, 4) is 0 Å². The van der Waals surface area contributed by atoms with E-state index in [4.69, 9.17) is 5.73 Å². The highest BCUT2D eigenvalue weighted by molar-refractivity contribution is 5.85. The number of nitrogens with zero attached hydrogens (tertiary/aromatic N) is 1. The van der Waals surface area contributed by atoms with Crippen LogP contribution in [0.25, 0.3) is 0 Å². The van der Waals surface area contributed by atoms with Crippen molar-refractivity contribution in [1.29, 1.82) is 0 Å². The van der Waals surface area contributed by atoms with E-state index in [1.807, 2.05) is 4.90 Å². The van der Waals surface area contributed by atoms with Gasteiger partial charge in [-0.05, 0) is 36.5 Å². The fraction of sp³-hybridized carbons (Fsp3) is 0.933. The normalized spacial score (nSPS) is 19.2. The second-order valence-electron chi connectivity index (χ2n) is 7.20. The van der Waals surface area contributed by atoms with Crippen LogP contribution in [0.2, 0.25) is 0 Å². The van der Waals surface area contributed by atoms with Gasteiger partial charge < -0.3 is 10.6 Å². The van der Waals surface area contributed by atoms with Crippen LogP contribution in [0.1, 0.15) is 53.9 Å². The zero-order valence-electron chi connectivity index (χ0n) is 13.1. The number of amides is 1. The van der Waals surface area contributed by atoms with Crippen LogP contribution < -0.4 is 5.73 Å². The first kappa shape index (κ1) is 18.7. The van der Waals surface area contributed by atoms with Crippen LogP contribution in [-0.4, -0.2) is 29.9 Å². The molecule has 0 aromatic heterocycles. The Morgan fingerprint density at radius 2 is 1.74 bits per heavy atom. The highest BCUT2D eigenvalue weighted by Crippen LogP contribution is 2.34. The highest BCUT2D eigenvalue weighted by Gasteiger charge is 2.31. The van der Waals surface area contributed by atoms with Crippen molar-refractivity contribution in [3.63, 3.8) is 0 Å². The molecule has 0 bridgehead atoms. The van der Waals surface area contributed by atoms with Gasteiger partial charge in [-0.25, -0.2) is 0 Å². The van der Waals surface area contributed by atoms with Crippen molar-refractivity contribution < 1.29 is 4.79 Å². The number of hydrogen-bond acceptors (Lipinski definition) is 2. The minimum atomic E-state index is -0.309. The van der Waals surface area contributed by atoms with Crippen molar-refractivity contribution in [2.24, 2.45) is 23.0 Å². The molecule has 0 aromatic rings. The Morgan fingerprint density at radius 1 is 1.26 bits per heavy atom. The van der Waals surface area contributed by atoms with Gasteiger partial charge in [-0.2, -0.15) is 0 Å². The topological polar surface area (TPSA) is 46.3 Å². The van der Waals surface area contributed by atoms with E-state index in [1.165, 1.54) is 0 Å². The van der Waals surface area contributed by atoms with Crippen molar-refractivity contribution in [1.82, 2.24) is 4.90 Å². The Labute approximate surface area is 124 Å². The number of piperidine rings is 1. The zero-order valence-corrected chi connectivity index (χ0v) is 13.9. The number of carbonyl (C=O) groups excluding carboxylic acids is 1. The summed E-state index contributed by atoms with van der Waals surface area (Å²) in [5.41, 5.74) is 6.33. The monoisotopic (exact) mass is 290 g/mol. The molecule has 1 amide bonds. The largest absolute Gasteiger partial charge is 0.341 e. The molecule has 1 aliphatic heterocycles. The first-order chi connectivity index (χ1) is 8.21. The van der Waals surface area contributed by atoms with Crippen LogP contribution in [0.5, 0.6) is 0 Å². The van der Waals surface area contributed by atoms with Gasteiger partial charge in [-0.15, -0.1) is 12.4 Å². The summed E-state index contributed by atoms with van der Waals surface area (Å²) in [4.78, 5) is 14.2. The summed E-state index contributed by atoms with van der Waals surface area (Å²) in [6, 6.07) is -0.309. The van der Waals surface area contributed by atoms with Crippen LogP contribution in [0.15, 0.2) is 0 Å². The van der Waals surface area contributed by atoms with E-state index < -0.39 is 0 Å². The molecular formula is C15H31ClN2O. The van der Waals surface area contributed by atoms with E-state index in [9.17, 15) is 4.79 Å². The molecule has 0 aromatic carbocycles. The molecule has 4 heteroatoms. The number of likely N-dealkylation sites (tertiary alicyclic amines) is 1. The zero-order chi connectivity index (χ0) is 13.9. The number of rotatable bonds is 3. The first-order valence-electron chi connectivity index (χ1n) is 7.26. The molecule has 114 valence electrons. The molecule has 1 rings (SSSR count). The maximum absolute atomic E-state index is 12.2. The van der Waals surface area contributed by atoms with Crippen molar-refractivity contribution in [2.75, 3.05) is 13.1 Å². The molecule has 1 saturated heterocycles. The van der Waals surface area contributed by atoms with Crippen molar-refractivity contribution in [3.05, 3.63) is 0 Å². The maximum Gasteiger partial charge on any atom is 0.239 e. The van der Waals surface area contributed by atoms with E-state index >= 15 is 0 Å². The highest BCUT2D eigenvalue weighted by atomic mass is 35.5. The average Bonchev–Trinajstić information content (AvgIpc) is 2.26. The number of carbonyl (C=O) groups is 1. The predicted octanol–water partition coefficient (Wildman–Crippen LogP) is 3.07. The molecule has 1 fully saturated rings. The van der Waals surface area contributed by atoms with Gasteiger partial charge in [-0.1, -0.05) is 34.6 Å². The molecular weight excluding hydrogens is 260 g/mol. The Hall–Kier alpha value is -0.280. The van der Waals surface area contributed by atoms with Gasteiger partial charge in [0, 0.05) is 13.1 Å². The summed E-state index contributed by atoms with van der Waals surface area (Å²) in [6.45, 7) is 12.9. The summed E-state index contributed by atoms with van der Waals surface area (Å²) in [5.74, 6) is 1.36. The van der Waals surface area contributed by atoms with Crippen LogP contribution in [0.4, 0.5) is 0 Å². The lowest BCUT2D eigenvalue weighted by molar-refractivity contribution is -0.134. The van der Waals surface area contributed by atoms with Crippen molar-refractivity contribution in [2.45, 2.75) is 59.9 Å². The molecule has 2 N–H and O–H groups in total. The van der Waals surface area contributed by atoms with E-state index in [-0.39, 0.29) is 24.4 Å². The number of halogens is 1. The van der Waals surface area contributed by atoms with Gasteiger partial charge in [-0.3, -0.25) is 4.79 Å². The second-order valence-corrected chi connectivity index (χ2v) is 7.20. The molecule has 1 aliphatic rings. The smallest absolute Gasteiger partial charge is 0.239 e. The predicted molar refractivity (Wildman–Crippen MR) is 83.4 cm³/mol. The van der Waals surface area contributed by atoms with Gasteiger partial charge in [0.2, 0.25) is 5.91 Å². The standard InChI is InChI=1S/C15H30N2O.ClH/c1-11(2)10-13(16)14(18)17-8-6-12(7-9-17)15(3,4)5;/h11-13H,6-10,16H2,1-5H3;1H/t13-;/m0./s1. The molecule has 3 nitrogen and oxygen atoms in total. The molecule has 1 heterocycles. The van der Waals surface area contributed by atoms with Gasteiger partial charge in [0.15, 0.2) is 0 Å². The van der Waals surface area contributed by atoms with E-state index in [0.717, 1.165) is 38.3 Å². The lowest BCUT2D eigenvalue weighted by Crippen LogP contribution is -2.48. The lowest BCUT2D eigenvalue weighted by Gasteiger charge is -2.39. The summed E-state index contributed by atoms with van der Waals surface area (Å²) in [7, 11) is 0. The summed E-state index contributed by atoms with van der Waals surface area (Å²) < 4.78 is 0. The molecule has 0 radical (unpaired) electrons. The minimum absolute atomic E-state index is 0. The van der Waals surface area contributed by atoms with Crippen molar-refractivity contribution >= 4 is 18.3 Å². The number of nitrogens with two attached hydrogens (primary N) is 1. The van der Waals surface area contributed by atoms with Crippen LogP contribution in [0, 0.1) is 17.3 Å². The van der Waals surface area contributed by atoms with Crippen LogP contribution in [0.3, 0.4) is 0 Å². The maximum atomic E-state index is 12.2. The molecule has 1 atom stereocenters. The van der Waals surface area contributed by atoms with Gasteiger partial charge >= 0.3 is 0 Å². The van der Waals surface area contributed by atoms with E-state index in [0.29, 0.717) is 11.3 Å². The minimum Gasteiger partial charge on any atom is -0.341 e. The van der Waals surface area contributed by atoms with E-state index in [2.05, 4.69) is 34.6 Å². The molecule has 19 heavy (non-hydrogen) atoms. The Kier molecular flexibility index (Phi) is 7.38. The first-order valence-corrected chi connectivity index (χ1v) is 7.26. The van der Waals surface area contributed by atoms with Gasteiger partial charge in [0.25, 0.3) is 0 Å². The third-order valence-corrected chi connectivity index (χ3v) is 4.07. The fourth-order valence-corrected chi connectivity index (χ4v) is 2.81. The molecule has 0 spiro atoms. The molecule has 0 saturated carbocycles. The molecule has 0 aliphatic carbocycles.